The minimum Gasteiger partial charge on any atom is -0.370 e. The normalized spacial score (nSPS) is 18.0. The van der Waals surface area contributed by atoms with Crippen LogP contribution in [0.5, 0.6) is 0 Å². The van der Waals surface area contributed by atoms with Crippen LogP contribution in [0.2, 0.25) is 0 Å². The molecule has 0 bridgehead atoms. The maximum Gasteiger partial charge on any atom is 0.129 e. The van der Waals surface area contributed by atoms with Crippen molar-refractivity contribution in [3.05, 3.63) is 18.6 Å². The van der Waals surface area contributed by atoms with Gasteiger partial charge in [-0.3, -0.25) is 0 Å². The van der Waals surface area contributed by atoms with Gasteiger partial charge in [-0.15, -0.1) is 0 Å². The Hall–Kier alpha value is -1.16. The summed E-state index contributed by atoms with van der Waals surface area (Å²) in [6.45, 7) is 3.32. The molecule has 0 saturated carbocycles. The van der Waals surface area contributed by atoms with Gasteiger partial charge in [0.25, 0.3) is 0 Å². The Balaban J connectivity index is 1.76. The van der Waals surface area contributed by atoms with Crippen LogP contribution < -0.4 is 10.6 Å². The smallest absolute Gasteiger partial charge is 0.129 e. The predicted molar refractivity (Wildman–Crippen MR) is 56.1 cm³/mol. The summed E-state index contributed by atoms with van der Waals surface area (Å²) >= 11 is 0. The molecule has 1 saturated heterocycles. The minimum atomic E-state index is 0.784. The molecule has 2 heterocycles. The number of nitrogens with one attached hydrogen (secondary N) is 2. The highest BCUT2D eigenvalue weighted by molar-refractivity contribution is 5.31. The van der Waals surface area contributed by atoms with E-state index in [2.05, 4.69) is 20.6 Å². The number of anilines is 1. The van der Waals surface area contributed by atoms with E-state index in [1.807, 2.05) is 6.07 Å². The third-order valence-electron chi connectivity index (χ3n) is 2.61. The second-order valence-electron chi connectivity index (χ2n) is 3.67. The second kappa shape index (κ2) is 4.91. The Kier molecular flexibility index (Phi) is 3.29. The average molecular weight is 192 g/mol. The third kappa shape index (κ3) is 2.67. The maximum atomic E-state index is 4.13. The molecule has 1 aliphatic rings. The standard InChI is InChI=1S/C10H16N4/c1-4-11-5-2-9(1)7-13-10-3-6-12-8-14-10/h3,6,8-9,11H,1-2,4-5,7H2,(H,12,13,14). The SMILES string of the molecule is c1cc(NCC2CCNCC2)ncn1. The Morgan fingerprint density at radius 3 is 3.00 bits per heavy atom. The van der Waals surface area contributed by atoms with Gasteiger partial charge in [0, 0.05) is 12.7 Å². The van der Waals surface area contributed by atoms with Crippen LogP contribution in [0.3, 0.4) is 0 Å². The number of aromatic nitrogens is 2. The molecule has 14 heavy (non-hydrogen) atoms. The molecule has 4 heteroatoms. The zero-order valence-corrected chi connectivity index (χ0v) is 8.24. The van der Waals surface area contributed by atoms with Gasteiger partial charge in [-0.2, -0.15) is 0 Å². The van der Waals surface area contributed by atoms with Gasteiger partial charge in [0.2, 0.25) is 0 Å². The largest absolute Gasteiger partial charge is 0.370 e. The van der Waals surface area contributed by atoms with Crippen molar-refractivity contribution in [2.75, 3.05) is 25.0 Å². The predicted octanol–water partition coefficient (Wildman–Crippen LogP) is 0.888. The summed E-state index contributed by atoms with van der Waals surface area (Å²) in [6, 6.07) is 1.90. The van der Waals surface area contributed by atoms with Crippen LogP contribution in [0.4, 0.5) is 5.82 Å². The zero-order valence-electron chi connectivity index (χ0n) is 8.24. The molecule has 1 aromatic rings. The van der Waals surface area contributed by atoms with Crippen LogP contribution in [-0.2, 0) is 0 Å². The van der Waals surface area contributed by atoms with Gasteiger partial charge in [0.05, 0.1) is 0 Å². The van der Waals surface area contributed by atoms with E-state index in [0.29, 0.717) is 0 Å². The van der Waals surface area contributed by atoms with Crippen molar-refractivity contribution in [2.24, 2.45) is 5.92 Å². The Labute approximate surface area is 84.2 Å². The summed E-state index contributed by atoms with van der Waals surface area (Å²) in [7, 11) is 0. The monoisotopic (exact) mass is 192 g/mol. The lowest BCUT2D eigenvalue weighted by Gasteiger charge is -2.22. The average Bonchev–Trinajstić information content (AvgIpc) is 2.29. The molecule has 1 aromatic heterocycles. The van der Waals surface area contributed by atoms with Gasteiger partial charge in [0.15, 0.2) is 0 Å². The molecule has 4 nitrogen and oxygen atoms in total. The molecule has 2 N–H and O–H groups in total. The molecule has 0 aliphatic carbocycles. The van der Waals surface area contributed by atoms with Gasteiger partial charge in [-0.05, 0) is 37.9 Å². The first kappa shape index (κ1) is 9.40. The summed E-state index contributed by atoms with van der Waals surface area (Å²) in [5.74, 6) is 1.71. The molecule has 0 amide bonds. The quantitative estimate of drug-likeness (QED) is 0.746. The fourth-order valence-corrected chi connectivity index (χ4v) is 1.73. The molecule has 1 fully saturated rings. The van der Waals surface area contributed by atoms with E-state index < -0.39 is 0 Å². The zero-order chi connectivity index (χ0) is 9.64. The summed E-state index contributed by atoms with van der Waals surface area (Å²) in [5, 5.41) is 6.69. The van der Waals surface area contributed by atoms with E-state index in [1.54, 1.807) is 12.5 Å². The molecular formula is C10H16N4. The Morgan fingerprint density at radius 2 is 2.29 bits per heavy atom. The van der Waals surface area contributed by atoms with E-state index >= 15 is 0 Å². The van der Waals surface area contributed by atoms with Crippen molar-refractivity contribution in [1.82, 2.24) is 15.3 Å². The lowest BCUT2D eigenvalue weighted by molar-refractivity contribution is 0.389. The second-order valence-corrected chi connectivity index (χ2v) is 3.67. The topological polar surface area (TPSA) is 49.8 Å². The van der Waals surface area contributed by atoms with Gasteiger partial charge >= 0.3 is 0 Å². The van der Waals surface area contributed by atoms with Crippen LogP contribution >= 0.6 is 0 Å². The highest BCUT2D eigenvalue weighted by Gasteiger charge is 2.12. The molecule has 0 unspecified atom stereocenters. The van der Waals surface area contributed by atoms with E-state index in [0.717, 1.165) is 31.4 Å². The summed E-state index contributed by atoms with van der Waals surface area (Å²) in [4.78, 5) is 8.00. The van der Waals surface area contributed by atoms with Crippen molar-refractivity contribution < 1.29 is 0 Å². The van der Waals surface area contributed by atoms with E-state index in [1.165, 1.54) is 12.8 Å². The van der Waals surface area contributed by atoms with Crippen LogP contribution in [0.15, 0.2) is 18.6 Å². The first-order chi connectivity index (χ1) is 6.95. The van der Waals surface area contributed by atoms with Gasteiger partial charge < -0.3 is 10.6 Å². The summed E-state index contributed by atoms with van der Waals surface area (Å²) in [6.07, 6.45) is 5.86. The van der Waals surface area contributed by atoms with Crippen molar-refractivity contribution in [3.63, 3.8) is 0 Å². The Bertz CT molecular complexity index is 256. The molecule has 76 valence electrons. The first-order valence-corrected chi connectivity index (χ1v) is 5.16. The van der Waals surface area contributed by atoms with Crippen molar-refractivity contribution in [3.8, 4) is 0 Å². The van der Waals surface area contributed by atoms with Crippen LogP contribution in [0.1, 0.15) is 12.8 Å². The molecular weight excluding hydrogens is 176 g/mol. The molecule has 1 aliphatic heterocycles. The van der Waals surface area contributed by atoms with Crippen molar-refractivity contribution in [2.45, 2.75) is 12.8 Å². The molecule has 0 spiro atoms. The van der Waals surface area contributed by atoms with Gasteiger partial charge in [0.1, 0.15) is 12.1 Å². The molecule has 0 aromatic carbocycles. The van der Waals surface area contributed by atoms with Crippen LogP contribution in [0, 0.1) is 5.92 Å². The highest BCUT2D eigenvalue weighted by atomic mass is 15.0. The third-order valence-corrected chi connectivity index (χ3v) is 2.61. The highest BCUT2D eigenvalue weighted by Crippen LogP contribution is 2.12. The summed E-state index contributed by atoms with van der Waals surface area (Å²) in [5.41, 5.74) is 0. The lowest BCUT2D eigenvalue weighted by Crippen LogP contribution is -2.31. The van der Waals surface area contributed by atoms with E-state index in [4.69, 9.17) is 0 Å². The van der Waals surface area contributed by atoms with E-state index in [-0.39, 0.29) is 0 Å². The van der Waals surface area contributed by atoms with Crippen molar-refractivity contribution in [1.29, 1.82) is 0 Å². The van der Waals surface area contributed by atoms with Gasteiger partial charge in [-0.1, -0.05) is 0 Å². The lowest BCUT2D eigenvalue weighted by atomic mass is 9.98. The number of hydrogen-bond donors (Lipinski definition) is 2. The number of rotatable bonds is 3. The maximum absolute atomic E-state index is 4.13. The van der Waals surface area contributed by atoms with Gasteiger partial charge in [-0.25, -0.2) is 9.97 Å². The number of nitrogens with zero attached hydrogens (tertiary/aromatic N) is 2. The number of hydrogen-bond acceptors (Lipinski definition) is 4. The number of piperidine rings is 1. The fourth-order valence-electron chi connectivity index (χ4n) is 1.73. The fraction of sp³-hybridized carbons (Fsp3) is 0.600. The van der Waals surface area contributed by atoms with Crippen molar-refractivity contribution >= 4 is 5.82 Å². The van der Waals surface area contributed by atoms with E-state index in [9.17, 15) is 0 Å². The first-order valence-electron chi connectivity index (χ1n) is 5.16. The minimum absolute atomic E-state index is 0.784. The molecule has 0 radical (unpaired) electrons. The molecule has 0 atom stereocenters. The van der Waals surface area contributed by atoms with Crippen LogP contribution in [-0.4, -0.2) is 29.6 Å². The Morgan fingerprint density at radius 1 is 1.43 bits per heavy atom. The van der Waals surface area contributed by atoms with Crippen LogP contribution in [0.25, 0.3) is 0 Å². The molecule has 2 rings (SSSR count). The summed E-state index contributed by atoms with van der Waals surface area (Å²) < 4.78 is 0.